The SMILES string of the molecule is CCOc1ccc(OCc2ccc(NN)nc2)cc1. The molecule has 100 valence electrons. The maximum atomic E-state index is 5.65. The van der Waals surface area contributed by atoms with Crippen LogP contribution in [0.1, 0.15) is 12.5 Å². The first-order chi connectivity index (χ1) is 9.31. The number of nitrogens with two attached hydrogens (primary N) is 1. The van der Waals surface area contributed by atoms with E-state index in [1.54, 1.807) is 12.3 Å². The van der Waals surface area contributed by atoms with Crippen LogP contribution in [0.2, 0.25) is 0 Å². The molecule has 2 aromatic rings. The van der Waals surface area contributed by atoms with Gasteiger partial charge in [-0.05, 0) is 37.3 Å². The van der Waals surface area contributed by atoms with E-state index >= 15 is 0 Å². The molecule has 5 nitrogen and oxygen atoms in total. The Balaban J connectivity index is 1.90. The molecule has 19 heavy (non-hydrogen) atoms. The molecule has 1 heterocycles. The summed E-state index contributed by atoms with van der Waals surface area (Å²) >= 11 is 0. The summed E-state index contributed by atoms with van der Waals surface area (Å²) in [4.78, 5) is 4.11. The molecule has 3 N–H and O–H groups in total. The summed E-state index contributed by atoms with van der Waals surface area (Å²) in [7, 11) is 0. The number of nitrogen functional groups attached to an aromatic ring is 1. The van der Waals surface area contributed by atoms with E-state index < -0.39 is 0 Å². The fourth-order valence-electron chi connectivity index (χ4n) is 1.56. The minimum absolute atomic E-state index is 0.464. The normalized spacial score (nSPS) is 10.0. The molecule has 0 saturated heterocycles. The molecule has 0 bridgehead atoms. The second-order valence-electron chi connectivity index (χ2n) is 3.89. The summed E-state index contributed by atoms with van der Waals surface area (Å²) in [6.07, 6.45) is 1.73. The quantitative estimate of drug-likeness (QED) is 0.615. The van der Waals surface area contributed by atoms with Gasteiger partial charge in [0.2, 0.25) is 0 Å². The topological polar surface area (TPSA) is 69.4 Å². The third-order valence-corrected chi connectivity index (χ3v) is 2.51. The number of nitrogens with zero attached hydrogens (tertiary/aromatic N) is 1. The van der Waals surface area contributed by atoms with Crippen LogP contribution in [0.3, 0.4) is 0 Å². The number of aromatic nitrogens is 1. The summed E-state index contributed by atoms with van der Waals surface area (Å²) in [6.45, 7) is 3.08. The van der Waals surface area contributed by atoms with Crippen LogP contribution in [0.25, 0.3) is 0 Å². The van der Waals surface area contributed by atoms with Crippen molar-refractivity contribution >= 4 is 5.82 Å². The van der Waals surface area contributed by atoms with Gasteiger partial charge in [0.15, 0.2) is 0 Å². The zero-order valence-electron chi connectivity index (χ0n) is 10.8. The second kappa shape index (κ2) is 6.61. The molecule has 2 rings (SSSR count). The number of anilines is 1. The molecule has 0 radical (unpaired) electrons. The van der Waals surface area contributed by atoms with Gasteiger partial charge in [0.05, 0.1) is 6.61 Å². The van der Waals surface area contributed by atoms with Gasteiger partial charge in [0.25, 0.3) is 0 Å². The lowest BCUT2D eigenvalue weighted by atomic mass is 10.3. The Morgan fingerprint density at radius 2 is 1.74 bits per heavy atom. The lowest BCUT2D eigenvalue weighted by Crippen LogP contribution is -2.08. The van der Waals surface area contributed by atoms with Crippen molar-refractivity contribution in [1.29, 1.82) is 0 Å². The monoisotopic (exact) mass is 259 g/mol. The van der Waals surface area contributed by atoms with Crippen LogP contribution in [0.5, 0.6) is 11.5 Å². The van der Waals surface area contributed by atoms with Crippen LogP contribution in [0.4, 0.5) is 5.82 Å². The Morgan fingerprint density at radius 3 is 2.26 bits per heavy atom. The van der Waals surface area contributed by atoms with Crippen molar-refractivity contribution in [3.05, 3.63) is 48.2 Å². The minimum atomic E-state index is 0.464. The highest BCUT2D eigenvalue weighted by Crippen LogP contribution is 2.18. The Kier molecular flexibility index (Phi) is 4.58. The Bertz CT molecular complexity index is 497. The van der Waals surface area contributed by atoms with Crippen LogP contribution >= 0.6 is 0 Å². The molecule has 1 aromatic heterocycles. The fraction of sp³-hybridized carbons (Fsp3) is 0.214. The van der Waals surface area contributed by atoms with Gasteiger partial charge >= 0.3 is 0 Å². The molecule has 0 spiro atoms. The van der Waals surface area contributed by atoms with Crippen LogP contribution in [-0.2, 0) is 6.61 Å². The first-order valence-electron chi connectivity index (χ1n) is 6.09. The van der Waals surface area contributed by atoms with Gasteiger partial charge in [0.1, 0.15) is 23.9 Å². The highest BCUT2D eigenvalue weighted by atomic mass is 16.5. The van der Waals surface area contributed by atoms with E-state index in [0.29, 0.717) is 19.0 Å². The molecule has 0 aliphatic rings. The average Bonchev–Trinajstić information content (AvgIpc) is 2.47. The maximum absolute atomic E-state index is 5.65. The molecule has 0 aliphatic carbocycles. The summed E-state index contributed by atoms with van der Waals surface area (Å²) in [5, 5.41) is 0. The maximum Gasteiger partial charge on any atom is 0.139 e. The summed E-state index contributed by atoms with van der Waals surface area (Å²) in [6, 6.07) is 11.3. The van der Waals surface area contributed by atoms with Crippen LogP contribution < -0.4 is 20.7 Å². The van der Waals surface area contributed by atoms with E-state index in [9.17, 15) is 0 Å². The van der Waals surface area contributed by atoms with Gasteiger partial charge in [-0.1, -0.05) is 6.07 Å². The molecule has 0 amide bonds. The number of rotatable bonds is 6. The van der Waals surface area contributed by atoms with E-state index in [4.69, 9.17) is 15.3 Å². The van der Waals surface area contributed by atoms with Crippen LogP contribution in [0.15, 0.2) is 42.6 Å². The largest absolute Gasteiger partial charge is 0.494 e. The fourth-order valence-corrected chi connectivity index (χ4v) is 1.56. The zero-order valence-corrected chi connectivity index (χ0v) is 10.8. The van der Waals surface area contributed by atoms with Gasteiger partial charge in [0, 0.05) is 11.8 Å². The van der Waals surface area contributed by atoms with Gasteiger partial charge < -0.3 is 14.9 Å². The molecule has 1 aromatic carbocycles. The lowest BCUT2D eigenvalue weighted by Gasteiger charge is -2.08. The smallest absolute Gasteiger partial charge is 0.139 e. The zero-order chi connectivity index (χ0) is 13.5. The number of nitrogens with one attached hydrogen (secondary N) is 1. The predicted molar refractivity (Wildman–Crippen MR) is 74.0 cm³/mol. The van der Waals surface area contributed by atoms with Crippen molar-refractivity contribution in [2.75, 3.05) is 12.0 Å². The number of hydrazine groups is 1. The standard InChI is InChI=1S/C14H17N3O2/c1-2-18-12-4-6-13(7-5-12)19-10-11-3-8-14(17-15)16-9-11/h3-9H,2,10,15H2,1H3,(H,16,17). The average molecular weight is 259 g/mol. The molecule has 0 unspecified atom stereocenters. The molecular weight excluding hydrogens is 242 g/mol. The van der Waals surface area contributed by atoms with Crippen LogP contribution in [0, 0.1) is 0 Å². The van der Waals surface area contributed by atoms with Crippen molar-refractivity contribution in [2.24, 2.45) is 5.84 Å². The number of pyridine rings is 1. The van der Waals surface area contributed by atoms with Crippen molar-refractivity contribution in [2.45, 2.75) is 13.5 Å². The molecule has 0 saturated carbocycles. The summed E-state index contributed by atoms with van der Waals surface area (Å²) < 4.78 is 11.0. The number of hydrogen-bond donors (Lipinski definition) is 2. The highest BCUT2D eigenvalue weighted by molar-refractivity contribution is 5.34. The molecule has 5 heteroatoms. The highest BCUT2D eigenvalue weighted by Gasteiger charge is 1.98. The third kappa shape index (κ3) is 3.86. The van der Waals surface area contributed by atoms with Gasteiger partial charge in [-0.2, -0.15) is 0 Å². The number of hydrogen-bond acceptors (Lipinski definition) is 5. The first kappa shape index (κ1) is 13.2. The van der Waals surface area contributed by atoms with E-state index in [1.165, 1.54) is 0 Å². The van der Waals surface area contributed by atoms with Gasteiger partial charge in [-0.15, -0.1) is 0 Å². The third-order valence-electron chi connectivity index (χ3n) is 2.51. The predicted octanol–water partition coefficient (Wildman–Crippen LogP) is 2.34. The lowest BCUT2D eigenvalue weighted by molar-refractivity contribution is 0.303. The first-order valence-corrected chi connectivity index (χ1v) is 6.09. The van der Waals surface area contributed by atoms with E-state index in [2.05, 4.69) is 10.4 Å². The molecule has 0 atom stereocenters. The van der Waals surface area contributed by atoms with Crippen LogP contribution in [-0.4, -0.2) is 11.6 Å². The van der Waals surface area contributed by atoms with Crippen molar-refractivity contribution in [3.63, 3.8) is 0 Å². The Hall–Kier alpha value is -2.27. The second-order valence-corrected chi connectivity index (χ2v) is 3.89. The van der Waals surface area contributed by atoms with Crippen molar-refractivity contribution in [3.8, 4) is 11.5 Å². The molecular formula is C14H17N3O2. The van der Waals surface area contributed by atoms with Crippen molar-refractivity contribution < 1.29 is 9.47 Å². The Morgan fingerprint density at radius 1 is 1.05 bits per heavy atom. The van der Waals surface area contributed by atoms with Crippen molar-refractivity contribution in [1.82, 2.24) is 4.98 Å². The number of benzene rings is 1. The van der Waals surface area contributed by atoms with E-state index in [1.807, 2.05) is 37.3 Å². The number of ether oxygens (including phenoxy) is 2. The Labute approximate surface area is 112 Å². The molecule has 0 aliphatic heterocycles. The van der Waals surface area contributed by atoms with E-state index in [-0.39, 0.29) is 0 Å². The van der Waals surface area contributed by atoms with Gasteiger partial charge in [-0.3, -0.25) is 0 Å². The van der Waals surface area contributed by atoms with E-state index in [0.717, 1.165) is 17.1 Å². The summed E-state index contributed by atoms with van der Waals surface area (Å²) in [5.74, 6) is 7.52. The van der Waals surface area contributed by atoms with Gasteiger partial charge in [-0.25, -0.2) is 10.8 Å². The minimum Gasteiger partial charge on any atom is -0.494 e. The molecule has 0 fully saturated rings. The summed E-state index contributed by atoms with van der Waals surface area (Å²) in [5.41, 5.74) is 3.46.